The second kappa shape index (κ2) is 6.72. The number of carbonyl (C=O) groups excluding carboxylic acids is 1. The van der Waals surface area contributed by atoms with Crippen LogP contribution in [0.4, 0.5) is 0 Å². The van der Waals surface area contributed by atoms with Crippen LogP contribution in [-0.2, 0) is 21.5 Å². The highest BCUT2D eigenvalue weighted by molar-refractivity contribution is 7.87. The Morgan fingerprint density at radius 2 is 2.18 bits per heavy atom. The van der Waals surface area contributed by atoms with Gasteiger partial charge in [0.25, 0.3) is 10.2 Å². The van der Waals surface area contributed by atoms with E-state index in [1.807, 2.05) is 6.92 Å². The first kappa shape index (κ1) is 16.9. The molecule has 1 atom stereocenters. The lowest BCUT2D eigenvalue weighted by atomic mass is 10.2. The fourth-order valence-corrected chi connectivity index (χ4v) is 3.29. The van der Waals surface area contributed by atoms with Crippen molar-refractivity contribution in [3.05, 3.63) is 29.6 Å². The van der Waals surface area contributed by atoms with Crippen molar-refractivity contribution in [3.8, 4) is 0 Å². The first-order valence-electron chi connectivity index (χ1n) is 7.11. The number of methoxy groups -OCH3 is 1. The number of ether oxygens (including phenoxy) is 1. The fraction of sp³-hybridized carbons (Fsp3) is 0.571. The average molecular weight is 327 g/mol. The van der Waals surface area contributed by atoms with Gasteiger partial charge in [0.05, 0.1) is 7.11 Å². The Hall–Kier alpha value is -1.51. The Morgan fingerprint density at radius 1 is 1.50 bits per heavy atom. The van der Waals surface area contributed by atoms with Crippen LogP contribution in [0.15, 0.2) is 18.3 Å². The van der Waals surface area contributed by atoms with E-state index in [0.29, 0.717) is 11.5 Å². The Morgan fingerprint density at radius 3 is 2.68 bits per heavy atom. The number of esters is 1. The predicted octanol–water partition coefficient (Wildman–Crippen LogP) is 0.933. The highest BCUT2D eigenvalue weighted by Crippen LogP contribution is 2.35. The van der Waals surface area contributed by atoms with Gasteiger partial charge in [-0.2, -0.15) is 17.4 Å². The summed E-state index contributed by atoms with van der Waals surface area (Å²) in [6.07, 6.45) is 3.62. The molecular formula is C14H21N3O4S. The Labute approximate surface area is 130 Å². The van der Waals surface area contributed by atoms with Crippen molar-refractivity contribution in [2.24, 2.45) is 5.92 Å². The van der Waals surface area contributed by atoms with Crippen molar-refractivity contribution in [2.45, 2.75) is 32.4 Å². The largest absolute Gasteiger partial charge is 0.464 e. The fourth-order valence-electron chi connectivity index (χ4n) is 2.13. The molecular weight excluding hydrogens is 306 g/mol. The zero-order valence-electron chi connectivity index (χ0n) is 12.9. The first-order chi connectivity index (χ1) is 10.3. The van der Waals surface area contributed by atoms with Crippen LogP contribution in [0.2, 0.25) is 0 Å². The molecule has 1 aliphatic rings. The Kier molecular flexibility index (Phi) is 5.15. The van der Waals surface area contributed by atoms with Gasteiger partial charge in [0.1, 0.15) is 5.69 Å². The predicted molar refractivity (Wildman–Crippen MR) is 81.3 cm³/mol. The maximum Gasteiger partial charge on any atom is 0.356 e. The molecule has 1 saturated carbocycles. The van der Waals surface area contributed by atoms with Crippen LogP contribution < -0.4 is 4.72 Å². The molecule has 8 heteroatoms. The molecule has 0 saturated heterocycles. The zero-order valence-corrected chi connectivity index (χ0v) is 13.8. The lowest BCUT2D eigenvalue weighted by Crippen LogP contribution is -2.43. The number of nitrogens with zero attached hydrogens (tertiary/aromatic N) is 2. The lowest BCUT2D eigenvalue weighted by Gasteiger charge is -2.24. The summed E-state index contributed by atoms with van der Waals surface area (Å²) < 4.78 is 32.9. The third kappa shape index (κ3) is 4.02. The van der Waals surface area contributed by atoms with Crippen molar-refractivity contribution in [1.82, 2.24) is 14.0 Å². The smallest absolute Gasteiger partial charge is 0.356 e. The van der Waals surface area contributed by atoms with Crippen LogP contribution in [0.5, 0.6) is 0 Å². The van der Waals surface area contributed by atoms with Crippen molar-refractivity contribution < 1.29 is 17.9 Å². The molecule has 0 amide bonds. The van der Waals surface area contributed by atoms with Crippen LogP contribution in [-0.4, -0.2) is 43.9 Å². The van der Waals surface area contributed by atoms with Gasteiger partial charge in [-0.15, -0.1) is 0 Å². The van der Waals surface area contributed by atoms with Crippen LogP contribution in [0.1, 0.15) is 35.8 Å². The minimum Gasteiger partial charge on any atom is -0.464 e. The van der Waals surface area contributed by atoms with E-state index in [9.17, 15) is 13.2 Å². The molecule has 1 fully saturated rings. The van der Waals surface area contributed by atoms with E-state index in [4.69, 9.17) is 0 Å². The van der Waals surface area contributed by atoms with Crippen LogP contribution in [0, 0.1) is 5.92 Å². The van der Waals surface area contributed by atoms with E-state index in [1.165, 1.54) is 23.7 Å². The number of carbonyl (C=O) groups is 1. The third-order valence-corrected chi connectivity index (χ3v) is 5.53. The first-order valence-corrected chi connectivity index (χ1v) is 8.55. The normalized spacial score (nSPS) is 16.5. The lowest BCUT2D eigenvalue weighted by molar-refractivity contribution is 0.0594. The molecule has 1 N–H and O–H groups in total. The van der Waals surface area contributed by atoms with Crippen LogP contribution in [0.3, 0.4) is 0 Å². The summed E-state index contributed by atoms with van der Waals surface area (Å²) in [5, 5.41) is 0. The van der Waals surface area contributed by atoms with Gasteiger partial charge in [-0.3, -0.25) is 0 Å². The molecule has 0 aliphatic heterocycles. The summed E-state index contributed by atoms with van der Waals surface area (Å²) in [4.78, 5) is 15.2. The van der Waals surface area contributed by atoms with E-state index in [1.54, 1.807) is 13.1 Å². The molecule has 0 aromatic carbocycles. The van der Waals surface area contributed by atoms with Crippen molar-refractivity contribution >= 4 is 16.2 Å². The van der Waals surface area contributed by atoms with Gasteiger partial charge in [-0.05, 0) is 37.3 Å². The summed E-state index contributed by atoms with van der Waals surface area (Å²) in [5.41, 5.74) is 0.859. The number of rotatable bonds is 7. The Balaban J connectivity index is 1.95. The van der Waals surface area contributed by atoms with Crippen LogP contribution in [0.25, 0.3) is 0 Å². The molecule has 0 spiro atoms. The molecule has 1 unspecified atom stereocenters. The van der Waals surface area contributed by atoms with Crippen molar-refractivity contribution in [2.75, 3.05) is 14.2 Å². The van der Waals surface area contributed by atoms with E-state index < -0.39 is 16.2 Å². The molecule has 1 heterocycles. The Bertz CT molecular complexity index is 626. The van der Waals surface area contributed by atoms with E-state index >= 15 is 0 Å². The molecule has 0 bridgehead atoms. The topological polar surface area (TPSA) is 88.6 Å². The number of hydrogen-bond acceptors (Lipinski definition) is 5. The molecule has 1 aromatic heterocycles. The second-order valence-corrected chi connectivity index (χ2v) is 7.28. The molecule has 122 valence electrons. The molecule has 22 heavy (non-hydrogen) atoms. The van der Waals surface area contributed by atoms with E-state index in [2.05, 4.69) is 14.4 Å². The monoisotopic (exact) mass is 327 g/mol. The number of aromatic nitrogens is 1. The standard InChI is InChI=1S/C14H21N3O4S/c1-10(12-5-6-12)17(2)22(19,20)16-9-11-4-7-13(15-8-11)14(18)21-3/h4,7-8,10,12,16H,5-6,9H2,1-3H3. The summed E-state index contributed by atoms with van der Waals surface area (Å²) in [5.74, 6) is -0.0623. The summed E-state index contributed by atoms with van der Waals surface area (Å²) in [6.45, 7) is 2.04. The molecule has 0 radical (unpaired) electrons. The van der Waals surface area contributed by atoms with Gasteiger partial charge in [-0.1, -0.05) is 6.07 Å². The second-order valence-electron chi connectivity index (χ2n) is 5.46. The molecule has 1 aliphatic carbocycles. The number of nitrogens with one attached hydrogen (secondary N) is 1. The SMILES string of the molecule is COC(=O)c1ccc(CNS(=O)(=O)N(C)C(C)C2CC2)cn1. The van der Waals surface area contributed by atoms with E-state index in [0.717, 1.165) is 12.8 Å². The van der Waals surface area contributed by atoms with Gasteiger partial charge in [0, 0.05) is 25.8 Å². The summed E-state index contributed by atoms with van der Waals surface area (Å²) >= 11 is 0. The van der Waals surface area contributed by atoms with Gasteiger partial charge < -0.3 is 4.74 Å². The van der Waals surface area contributed by atoms with Crippen molar-refractivity contribution in [3.63, 3.8) is 0 Å². The number of pyridine rings is 1. The number of hydrogen-bond donors (Lipinski definition) is 1. The average Bonchev–Trinajstić information content (AvgIpc) is 3.36. The third-order valence-electron chi connectivity index (χ3n) is 3.93. The maximum atomic E-state index is 12.2. The van der Waals surface area contributed by atoms with Gasteiger partial charge in [0.15, 0.2) is 0 Å². The van der Waals surface area contributed by atoms with Crippen LogP contribution >= 0.6 is 0 Å². The summed E-state index contributed by atoms with van der Waals surface area (Å²) in [7, 11) is -0.662. The molecule has 7 nitrogen and oxygen atoms in total. The maximum absolute atomic E-state index is 12.2. The molecule has 2 rings (SSSR count). The quantitative estimate of drug-likeness (QED) is 0.753. The minimum atomic E-state index is -3.53. The zero-order chi connectivity index (χ0) is 16.3. The van der Waals surface area contributed by atoms with Gasteiger partial charge in [-0.25, -0.2) is 9.78 Å². The minimum absolute atomic E-state index is 0.00248. The summed E-state index contributed by atoms with van der Waals surface area (Å²) in [6, 6.07) is 3.15. The highest BCUT2D eigenvalue weighted by Gasteiger charge is 2.35. The molecule has 1 aromatic rings. The van der Waals surface area contributed by atoms with Gasteiger partial charge >= 0.3 is 5.97 Å². The van der Waals surface area contributed by atoms with Gasteiger partial charge in [0.2, 0.25) is 0 Å². The van der Waals surface area contributed by atoms with Crippen molar-refractivity contribution in [1.29, 1.82) is 0 Å². The highest BCUT2D eigenvalue weighted by atomic mass is 32.2. The van der Waals surface area contributed by atoms with E-state index in [-0.39, 0.29) is 18.3 Å².